The number of aromatic nitrogens is 1. The highest BCUT2D eigenvalue weighted by Gasteiger charge is 2.14. The number of carbonyl (C=O) groups excluding carboxylic acids is 1. The van der Waals surface area contributed by atoms with Gasteiger partial charge >= 0.3 is 0 Å². The third kappa shape index (κ3) is 2.46. The molecule has 0 N–H and O–H groups in total. The maximum absolute atomic E-state index is 12.0. The van der Waals surface area contributed by atoms with Crippen LogP contribution in [0, 0.1) is 0 Å². The highest BCUT2D eigenvalue weighted by Crippen LogP contribution is 2.29. The van der Waals surface area contributed by atoms with Crippen molar-refractivity contribution in [2.45, 2.75) is 33.1 Å². The number of hydrogen-bond acceptors (Lipinski definition) is 3. The first kappa shape index (κ1) is 13.5. The van der Waals surface area contributed by atoms with E-state index in [1.807, 2.05) is 31.2 Å². The van der Waals surface area contributed by atoms with Crippen LogP contribution in [0.4, 0.5) is 0 Å². The number of methoxy groups -OCH3 is 1. The fourth-order valence-corrected chi connectivity index (χ4v) is 2.13. The van der Waals surface area contributed by atoms with Gasteiger partial charge in [0.25, 0.3) is 0 Å². The third-order valence-electron chi connectivity index (χ3n) is 3.27. The van der Waals surface area contributed by atoms with Gasteiger partial charge in [-0.3, -0.25) is 4.79 Å². The van der Waals surface area contributed by atoms with Gasteiger partial charge in [0.05, 0.1) is 7.11 Å². The van der Waals surface area contributed by atoms with Crippen LogP contribution >= 0.6 is 0 Å². The van der Waals surface area contributed by atoms with Crippen molar-refractivity contribution in [3.05, 3.63) is 35.5 Å². The summed E-state index contributed by atoms with van der Waals surface area (Å²) in [6.45, 7) is 6.07. The van der Waals surface area contributed by atoms with Gasteiger partial charge in [-0.1, -0.05) is 26.8 Å². The van der Waals surface area contributed by atoms with Crippen LogP contribution in [-0.2, 0) is 0 Å². The fraction of sp³-hybridized carbons (Fsp3) is 0.375. The van der Waals surface area contributed by atoms with Crippen molar-refractivity contribution in [2.24, 2.45) is 0 Å². The lowest BCUT2D eigenvalue weighted by Crippen LogP contribution is -2.01. The number of Topliss-reactive ketones (excluding diaryl/α,β-unsaturated/α-hetero) is 1. The van der Waals surface area contributed by atoms with Gasteiger partial charge in [-0.2, -0.15) is 0 Å². The van der Waals surface area contributed by atoms with Crippen LogP contribution in [0.15, 0.2) is 24.3 Å². The summed E-state index contributed by atoms with van der Waals surface area (Å²) < 4.78 is 5.36. The molecule has 1 heterocycles. The Bertz CT molecular complexity index is 617. The quantitative estimate of drug-likeness (QED) is 0.778. The molecule has 0 aliphatic carbocycles. The van der Waals surface area contributed by atoms with Crippen molar-refractivity contribution in [1.82, 2.24) is 4.98 Å². The van der Waals surface area contributed by atoms with E-state index in [2.05, 4.69) is 18.8 Å². The molecule has 0 fully saturated rings. The number of pyridine rings is 1. The zero-order valence-electron chi connectivity index (χ0n) is 11.9. The maximum atomic E-state index is 12.0. The van der Waals surface area contributed by atoms with Gasteiger partial charge in [-0.15, -0.1) is 0 Å². The van der Waals surface area contributed by atoms with Crippen LogP contribution in [0.2, 0.25) is 0 Å². The van der Waals surface area contributed by atoms with Crippen molar-refractivity contribution in [1.29, 1.82) is 0 Å². The second-order valence-electron chi connectivity index (χ2n) is 4.88. The van der Waals surface area contributed by atoms with E-state index in [9.17, 15) is 4.79 Å². The molecule has 0 bridgehead atoms. The molecule has 0 aliphatic heterocycles. The summed E-state index contributed by atoms with van der Waals surface area (Å²) in [4.78, 5) is 16.6. The standard InChI is InChI=1S/C16H19NO2/c1-5-14(18)11-7-9-15(19-4)16-12(11)6-8-13(17-16)10(2)3/h6-10H,5H2,1-4H3. The predicted molar refractivity (Wildman–Crippen MR) is 77.0 cm³/mol. The maximum Gasteiger partial charge on any atom is 0.163 e. The van der Waals surface area contributed by atoms with Gasteiger partial charge in [0.2, 0.25) is 0 Å². The zero-order chi connectivity index (χ0) is 14.0. The van der Waals surface area contributed by atoms with E-state index in [1.165, 1.54) is 0 Å². The molecule has 0 saturated heterocycles. The number of ether oxygens (including phenoxy) is 1. The van der Waals surface area contributed by atoms with Gasteiger partial charge in [0.1, 0.15) is 11.3 Å². The Kier molecular flexibility index (Phi) is 3.84. The van der Waals surface area contributed by atoms with Crippen LogP contribution in [0.1, 0.15) is 49.2 Å². The highest BCUT2D eigenvalue weighted by atomic mass is 16.5. The lowest BCUT2D eigenvalue weighted by molar-refractivity contribution is 0.0989. The minimum atomic E-state index is 0.131. The number of benzene rings is 1. The smallest absolute Gasteiger partial charge is 0.163 e. The molecule has 1 aromatic heterocycles. The number of rotatable bonds is 4. The van der Waals surface area contributed by atoms with Gasteiger partial charge in [-0.25, -0.2) is 4.98 Å². The van der Waals surface area contributed by atoms with Crippen LogP contribution < -0.4 is 4.74 Å². The van der Waals surface area contributed by atoms with E-state index in [0.29, 0.717) is 18.1 Å². The number of fused-ring (bicyclic) bond motifs is 1. The Hall–Kier alpha value is -1.90. The van der Waals surface area contributed by atoms with E-state index in [0.717, 1.165) is 22.2 Å². The molecule has 2 rings (SSSR count). The number of hydrogen-bond donors (Lipinski definition) is 0. The molecule has 100 valence electrons. The molecule has 2 aromatic rings. The second kappa shape index (κ2) is 5.39. The summed E-state index contributed by atoms with van der Waals surface area (Å²) in [5, 5.41) is 0.871. The SMILES string of the molecule is CCC(=O)c1ccc(OC)c2nc(C(C)C)ccc12. The van der Waals surface area contributed by atoms with Crippen molar-refractivity contribution in [3.8, 4) is 5.75 Å². The molecular weight excluding hydrogens is 238 g/mol. The summed E-state index contributed by atoms with van der Waals surface area (Å²) in [5.41, 5.74) is 2.50. The molecule has 0 unspecified atom stereocenters. The van der Waals surface area contributed by atoms with Crippen molar-refractivity contribution in [2.75, 3.05) is 7.11 Å². The fourth-order valence-electron chi connectivity index (χ4n) is 2.13. The first-order chi connectivity index (χ1) is 9.08. The van der Waals surface area contributed by atoms with Crippen LogP contribution in [0.25, 0.3) is 10.9 Å². The molecule has 3 nitrogen and oxygen atoms in total. The number of ketones is 1. The van der Waals surface area contributed by atoms with Crippen LogP contribution in [0.3, 0.4) is 0 Å². The van der Waals surface area contributed by atoms with Gasteiger partial charge in [0.15, 0.2) is 5.78 Å². The molecule has 0 aliphatic rings. The lowest BCUT2D eigenvalue weighted by Gasteiger charge is -2.11. The number of carbonyl (C=O) groups is 1. The Balaban J connectivity index is 2.74. The van der Waals surface area contributed by atoms with Crippen LogP contribution in [-0.4, -0.2) is 17.9 Å². The average molecular weight is 257 g/mol. The zero-order valence-corrected chi connectivity index (χ0v) is 11.9. The van der Waals surface area contributed by atoms with Gasteiger partial charge in [-0.05, 0) is 24.1 Å². The third-order valence-corrected chi connectivity index (χ3v) is 3.27. The van der Waals surface area contributed by atoms with Gasteiger partial charge < -0.3 is 4.74 Å². The lowest BCUT2D eigenvalue weighted by atomic mass is 10.0. The summed E-state index contributed by atoms with van der Waals surface area (Å²) in [6, 6.07) is 7.61. The number of nitrogens with zero attached hydrogens (tertiary/aromatic N) is 1. The van der Waals surface area contributed by atoms with E-state index in [1.54, 1.807) is 7.11 Å². The summed E-state index contributed by atoms with van der Waals surface area (Å²) in [7, 11) is 1.62. The van der Waals surface area contributed by atoms with E-state index >= 15 is 0 Å². The van der Waals surface area contributed by atoms with Gasteiger partial charge in [0, 0.05) is 23.1 Å². The molecule has 0 radical (unpaired) electrons. The largest absolute Gasteiger partial charge is 0.494 e. The van der Waals surface area contributed by atoms with Crippen molar-refractivity contribution in [3.63, 3.8) is 0 Å². The summed E-state index contributed by atoms with van der Waals surface area (Å²) in [6.07, 6.45) is 0.493. The first-order valence-corrected chi connectivity index (χ1v) is 6.59. The molecule has 1 aromatic carbocycles. The Morgan fingerprint density at radius 2 is 2.00 bits per heavy atom. The second-order valence-corrected chi connectivity index (χ2v) is 4.88. The monoisotopic (exact) mass is 257 g/mol. The minimum Gasteiger partial charge on any atom is -0.494 e. The Morgan fingerprint density at radius 1 is 1.26 bits per heavy atom. The summed E-state index contributed by atoms with van der Waals surface area (Å²) in [5.74, 6) is 1.19. The molecular formula is C16H19NO2. The Labute approximate surface area is 113 Å². The topological polar surface area (TPSA) is 39.2 Å². The Morgan fingerprint density at radius 3 is 2.58 bits per heavy atom. The molecule has 0 saturated carbocycles. The molecule has 19 heavy (non-hydrogen) atoms. The highest BCUT2D eigenvalue weighted by molar-refractivity contribution is 6.08. The normalized spacial score (nSPS) is 11.0. The molecule has 0 spiro atoms. The van der Waals surface area contributed by atoms with E-state index < -0.39 is 0 Å². The average Bonchev–Trinajstić information content (AvgIpc) is 2.44. The summed E-state index contributed by atoms with van der Waals surface area (Å²) >= 11 is 0. The first-order valence-electron chi connectivity index (χ1n) is 6.59. The van der Waals surface area contributed by atoms with Crippen molar-refractivity contribution < 1.29 is 9.53 Å². The molecule has 0 amide bonds. The van der Waals surface area contributed by atoms with E-state index in [4.69, 9.17) is 4.74 Å². The van der Waals surface area contributed by atoms with Crippen molar-refractivity contribution >= 4 is 16.7 Å². The molecule has 0 atom stereocenters. The minimum absolute atomic E-state index is 0.131. The van der Waals surface area contributed by atoms with E-state index in [-0.39, 0.29) is 5.78 Å². The molecule has 3 heteroatoms. The predicted octanol–water partition coefficient (Wildman–Crippen LogP) is 3.96. The van der Waals surface area contributed by atoms with Crippen LogP contribution in [0.5, 0.6) is 5.75 Å².